The first-order valence-corrected chi connectivity index (χ1v) is 7.12. The number of nitro benzene ring substituents is 1. The van der Waals surface area contributed by atoms with Gasteiger partial charge in [-0.3, -0.25) is 14.9 Å². The summed E-state index contributed by atoms with van der Waals surface area (Å²) in [6.07, 6.45) is 0. The smallest absolute Gasteiger partial charge is 0.273 e. The highest BCUT2D eigenvalue weighted by molar-refractivity contribution is 8.00. The molecule has 0 amide bonds. The molecule has 0 unspecified atom stereocenters. The van der Waals surface area contributed by atoms with E-state index >= 15 is 0 Å². The average molecular weight is 305 g/mol. The van der Waals surface area contributed by atoms with E-state index in [1.807, 2.05) is 0 Å². The Labute approximate surface area is 125 Å². The molecular formula is C15H12FNO3S. The molecule has 0 aliphatic heterocycles. The van der Waals surface area contributed by atoms with Crippen LogP contribution in [-0.2, 0) is 0 Å². The van der Waals surface area contributed by atoms with Crippen LogP contribution in [-0.4, -0.2) is 16.5 Å². The van der Waals surface area contributed by atoms with Crippen LogP contribution in [0.3, 0.4) is 0 Å². The van der Waals surface area contributed by atoms with Gasteiger partial charge in [0.2, 0.25) is 0 Å². The lowest BCUT2D eigenvalue weighted by Gasteiger charge is -2.03. The third kappa shape index (κ3) is 3.88. The molecule has 4 nitrogen and oxygen atoms in total. The summed E-state index contributed by atoms with van der Waals surface area (Å²) in [4.78, 5) is 23.2. The van der Waals surface area contributed by atoms with Crippen LogP contribution in [0.4, 0.5) is 10.1 Å². The molecule has 2 aromatic rings. The number of nitrogens with zero attached hydrogens (tertiary/aromatic N) is 1. The molecule has 0 aliphatic carbocycles. The largest absolute Gasteiger partial charge is 0.293 e. The van der Waals surface area contributed by atoms with E-state index < -0.39 is 4.92 Å². The van der Waals surface area contributed by atoms with E-state index in [1.165, 1.54) is 30.0 Å². The van der Waals surface area contributed by atoms with Crippen molar-refractivity contribution in [1.29, 1.82) is 0 Å². The van der Waals surface area contributed by atoms with Crippen molar-refractivity contribution >= 4 is 23.2 Å². The highest BCUT2D eigenvalue weighted by Gasteiger charge is 2.15. The van der Waals surface area contributed by atoms with Crippen LogP contribution in [0.1, 0.15) is 15.9 Å². The molecular weight excluding hydrogens is 293 g/mol. The summed E-state index contributed by atoms with van der Waals surface area (Å²) in [7, 11) is 0. The summed E-state index contributed by atoms with van der Waals surface area (Å²) in [6, 6.07) is 10.3. The zero-order valence-corrected chi connectivity index (χ0v) is 12.0. The van der Waals surface area contributed by atoms with Crippen LogP contribution in [0.25, 0.3) is 0 Å². The van der Waals surface area contributed by atoms with Crippen molar-refractivity contribution in [2.24, 2.45) is 0 Å². The molecule has 6 heteroatoms. The molecule has 0 radical (unpaired) electrons. The van der Waals surface area contributed by atoms with E-state index in [-0.39, 0.29) is 23.0 Å². The lowest BCUT2D eigenvalue weighted by atomic mass is 10.1. The Morgan fingerprint density at radius 3 is 2.52 bits per heavy atom. The molecule has 2 rings (SSSR count). The summed E-state index contributed by atoms with van der Waals surface area (Å²) in [5, 5.41) is 10.9. The predicted molar refractivity (Wildman–Crippen MR) is 79.3 cm³/mol. The molecule has 0 spiro atoms. The van der Waals surface area contributed by atoms with Gasteiger partial charge in [-0.25, -0.2) is 4.39 Å². The minimum atomic E-state index is -0.501. The molecule has 0 N–H and O–H groups in total. The molecule has 0 aromatic heterocycles. The third-order valence-corrected chi connectivity index (χ3v) is 3.92. The van der Waals surface area contributed by atoms with Crippen molar-refractivity contribution in [3.05, 3.63) is 69.5 Å². The molecule has 0 atom stereocenters. The van der Waals surface area contributed by atoms with Crippen LogP contribution >= 0.6 is 11.8 Å². The van der Waals surface area contributed by atoms with Gasteiger partial charge in [-0.15, -0.1) is 11.8 Å². The second-order valence-electron chi connectivity index (χ2n) is 4.42. The highest BCUT2D eigenvalue weighted by Crippen LogP contribution is 2.23. The number of rotatable bonds is 5. The molecule has 0 saturated heterocycles. The van der Waals surface area contributed by atoms with Crippen molar-refractivity contribution in [3.63, 3.8) is 0 Å². The Morgan fingerprint density at radius 1 is 1.24 bits per heavy atom. The van der Waals surface area contributed by atoms with Gasteiger partial charge in [0.05, 0.1) is 10.7 Å². The molecule has 0 saturated carbocycles. The lowest BCUT2D eigenvalue weighted by Crippen LogP contribution is -2.04. The van der Waals surface area contributed by atoms with Crippen LogP contribution in [0.15, 0.2) is 47.4 Å². The maximum Gasteiger partial charge on any atom is 0.273 e. The predicted octanol–water partition coefficient (Wildman–Crippen LogP) is 4.02. The number of Topliss-reactive ketones (excluding diaryl/α,β-unsaturated/α-hetero) is 1. The number of benzene rings is 2. The fourth-order valence-corrected chi connectivity index (χ4v) is 2.54. The van der Waals surface area contributed by atoms with Gasteiger partial charge in [-0.1, -0.05) is 12.1 Å². The maximum atomic E-state index is 12.8. The normalized spacial score (nSPS) is 10.4. The fourth-order valence-electron chi connectivity index (χ4n) is 1.74. The number of ketones is 1. The van der Waals surface area contributed by atoms with Crippen molar-refractivity contribution in [2.75, 3.05) is 5.75 Å². The number of carbonyl (C=O) groups is 1. The molecule has 2 aromatic carbocycles. The summed E-state index contributed by atoms with van der Waals surface area (Å²) in [5.41, 5.74) is 0.761. The van der Waals surface area contributed by atoms with Gasteiger partial charge in [0.15, 0.2) is 5.78 Å². The second-order valence-corrected chi connectivity index (χ2v) is 5.47. The monoisotopic (exact) mass is 305 g/mol. The Morgan fingerprint density at radius 2 is 1.90 bits per heavy atom. The van der Waals surface area contributed by atoms with E-state index in [1.54, 1.807) is 31.2 Å². The van der Waals surface area contributed by atoms with Crippen LogP contribution in [0.5, 0.6) is 0 Å². The Balaban J connectivity index is 2.08. The van der Waals surface area contributed by atoms with E-state index in [9.17, 15) is 19.3 Å². The zero-order chi connectivity index (χ0) is 15.4. The van der Waals surface area contributed by atoms with Gasteiger partial charge >= 0.3 is 0 Å². The van der Waals surface area contributed by atoms with E-state index in [4.69, 9.17) is 0 Å². The number of nitro groups is 1. The topological polar surface area (TPSA) is 60.2 Å². The van der Waals surface area contributed by atoms with Crippen LogP contribution in [0, 0.1) is 22.9 Å². The lowest BCUT2D eigenvalue weighted by molar-refractivity contribution is -0.385. The first kappa shape index (κ1) is 15.2. The summed E-state index contributed by atoms with van der Waals surface area (Å²) in [5.74, 6) is -0.390. The molecule has 0 fully saturated rings. The molecule has 0 bridgehead atoms. The molecule has 0 heterocycles. The number of hydrogen-bond acceptors (Lipinski definition) is 4. The van der Waals surface area contributed by atoms with Crippen LogP contribution in [0.2, 0.25) is 0 Å². The average Bonchev–Trinajstić information content (AvgIpc) is 2.46. The fraction of sp³-hybridized carbons (Fsp3) is 0.133. The van der Waals surface area contributed by atoms with E-state index in [0.717, 1.165) is 4.90 Å². The molecule has 21 heavy (non-hydrogen) atoms. The Kier molecular flexibility index (Phi) is 4.70. The van der Waals surface area contributed by atoms with Crippen molar-refractivity contribution in [2.45, 2.75) is 11.8 Å². The van der Waals surface area contributed by atoms with Gasteiger partial charge in [-0.2, -0.15) is 0 Å². The van der Waals surface area contributed by atoms with Crippen molar-refractivity contribution < 1.29 is 14.1 Å². The summed E-state index contributed by atoms with van der Waals surface area (Å²) < 4.78 is 12.8. The molecule has 0 aliphatic rings. The number of thioether (sulfide) groups is 1. The van der Waals surface area contributed by atoms with Gasteiger partial charge in [0.25, 0.3) is 5.69 Å². The van der Waals surface area contributed by atoms with Crippen molar-refractivity contribution in [3.8, 4) is 0 Å². The Bertz CT molecular complexity index is 686. The second kappa shape index (κ2) is 6.49. The minimum Gasteiger partial charge on any atom is -0.293 e. The van der Waals surface area contributed by atoms with Gasteiger partial charge < -0.3 is 0 Å². The number of carbonyl (C=O) groups excluding carboxylic acids is 1. The van der Waals surface area contributed by atoms with E-state index in [2.05, 4.69) is 0 Å². The highest BCUT2D eigenvalue weighted by atomic mass is 32.2. The SMILES string of the molecule is Cc1ccc(C(=O)CSc2ccc(F)cc2)cc1[N+](=O)[O-]. The maximum absolute atomic E-state index is 12.8. The zero-order valence-electron chi connectivity index (χ0n) is 11.2. The first-order chi connectivity index (χ1) is 9.97. The van der Waals surface area contributed by atoms with Gasteiger partial charge in [-0.05, 0) is 31.2 Å². The minimum absolute atomic E-state index is 0.0624. The van der Waals surface area contributed by atoms with Crippen molar-refractivity contribution in [1.82, 2.24) is 0 Å². The number of aryl methyl sites for hydroxylation is 1. The number of halogens is 1. The number of hydrogen-bond donors (Lipinski definition) is 0. The van der Waals surface area contributed by atoms with E-state index in [0.29, 0.717) is 11.1 Å². The van der Waals surface area contributed by atoms with Gasteiger partial charge in [0, 0.05) is 22.1 Å². The van der Waals surface area contributed by atoms with Crippen LogP contribution < -0.4 is 0 Å². The first-order valence-electron chi connectivity index (χ1n) is 6.14. The Hall–Kier alpha value is -2.21. The summed E-state index contributed by atoms with van der Waals surface area (Å²) in [6.45, 7) is 1.62. The standard InChI is InChI=1S/C15H12FNO3S/c1-10-2-3-11(8-14(10)17(19)20)15(18)9-21-13-6-4-12(16)5-7-13/h2-8H,9H2,1H3. The quantitative estimate of drug-likeness (QED) is 0.362. The summed E-state index contributed by atoms with van der Waals surface area (Å²) >= 11 is 1.26. The van der Waals surface area contributed by atoms with Gasteiger partial charge in [0.1, 0.15) is 5.82 Å². The molecule has 108 valence electrons. The third-order valence-electron chi connectivity index (χ3n) is 2.91.